The van der Waals surface area contributed by atoms with Gasteiger partial charge in [0.15, 0.2) is 5.82 Å². The maximum Gasteiger partial charge on any atom is 0.416 e. The van der Waals surface area contributed by atoms with Crippen molar-refractivity contribution in [2.45, 2.75) is 18.7 Å². The Morgan fingerprint density at radius 3 is 2.46 bits per heavy atom. The number of halogens is 3. The highest BCUT2D eigenvalue weighted by Gasteiger charge is 2.33. The van der Waals surface area contributed by atoms with Gasteiger partial charge in [-0.25, -0.2) is 0 Å². The van der Waals surface area contributed by atoms with Crippen molar-refractivity contribution in [2.75, 3.05) is 36.4 Å². The molecule has 192 valence electrons. The number of amides is 1. The molecule has 3 aromatic rings. The Morgan fingerprint density at radius 2 is 1.78 bits per heavy atom. The lowest BCUT2D eigenvalue weighted by molar-refractivity contribution is -0.137. The number of nitrogens with zero attached hydrogens (tertiary/aromatic N) is 4. The fourth-order valence-corrected chi connectivity index (χ4v) is 4.31. The largest absolute Gasteiger partial charge is 0.489 e. The average molecular weight is 510 g/mol. The Kier molecular flexibility index (Phi) is 6.98. The number of carbonyl (C=O) groups is 1. The molecule has 2 fully saturated rings. The molecule has 0 saturated carbocycles. The highest BCUT2D eigenvalue weighted by molar-refractivity contribution is 5.94. The Labute approximate surface area is 212 Å². The summed E-state index contributed by atoms with van der Waals surface area (Å²) in [6.45, 7) is 2.69. The molecule has 0 aliphatic carbocycles. The van der Waals surface area contributed by atoms with Gasteiger partial charge in [0.1, 0.15) is 11.9 Å². The van der Waals surface area contributed by atoms with E-state index in [4.69, 9.17) is 4.74 Å². The fourth-order valence-electron chi connectivity index (χ4n) is 4.31. The normalized spacial score (nSPS) is 18.2. The lowest BCUT2D eigenvalue weighted by atomic mass is 9.99. The molecule has 0 unspecified atom stereocenters. The molecule has 10 heteroatoms. The van der Waals surface area contributed by atoms with Crippen LogP contribution in [-0.4, -0.2) is 53.3 Å². The third-order valence-corrected chi connectivity index (χ3v) is 6.45. The standard InChI is InChI=1S/C27H26F3N5O2/c28-27(29,30)21-5-3-19(4-6-21)11-14-34-15-12-24(18-34)37-23-9-7-22(8-10-23)32-26(36)20-16-35(17-20)25-2-1-13-31-33-25/h1-11,13-14,20,24H,12,15-18H2,(H,32,36)/t24-/m1/s1. The van der Waals surface area contributed by atoms with Gasteiger partial charge in [0.2, 0.25) is 5.91 Å². The van der Waals surface area contributed by atoms with Crippen LogP contribution in [0.3, 0.4) is 0 Å². The van der Waals surface area contributed by atoms with E-state index in [1.807, 2.05) is 47.5 Å². The first kappa shape index (κ1) is 24.6. The van der Waals surface area contributed by atoms with Crippen molar-refractivity contribution in [2.24, 2.45) is 5.92 Å². The molecule has 1 atom stereocenters. The van der Waals surface area contributed by atoms with Gasteiger partial charge >= 0.3 is 6.18 Å². The number of ether oxygens (including phenoxy) is 1. The van der Waals surface area contributed by atoms with Crippen LogP contribution in [0.4, 0.5) is 24.7 Å². The third-order valence-electron chi connectivity index (χ3n) is 6.45. The molecule has 5 rings (SSSR count). The molecule has 0 spiro atoms. The molecule has 2 aliphatic heterocycles. The monoisotopic (exact) mass is 509 g/mol. The molecule has 3 heterocycles. The second-order valence-corrected chi connectivity index (χ2v) is 9.16. The minimum atomic E-state index is -4.33. The smallest absolute Gasteiger partial charge is 0.416 e. The summed E-state index contributed by atoms with van der Waals surface area (Å²) in [5.74, 6) is 1.36. The molecule has 1 aromatic heterocycles. The zero-order valence-corrected chi connectivity index (χ0v) is 19.9. The van der Waals surface area contributed by atoms with Crippen molar-refractivity contribution in [1.29, 1.82) is 0 Å². The van der Waals surface area contributed by atoms with E-state index in [-0.39, 0.29) is 17.9 Å². The summed E-state index contributed by atoms with van der Waals surface area (Å²) in [7, 11) is 0. The van der Waals surface area contributed by atoms with Crippen LogP contribution in [-0.2, 0) is 11.0 Å². The van der Waals surface area contributed by atoms with E-state index < -0.39 is 11.7 Å². The molecule has 1 amide bonds. The van der Waals surface area contributed by atoms with E-state index in [1.54, 1.807) is 12.3 Å². The summed E-state index contributed by atoms with van der Waals surface area (Å²) in [6, 6.07) is 16.1. The summed E-state index contributed by atoms with van der Waals surface area (Å²) in [5.41, 5.74) is 0.763. The van der Waals surface area contributed by atoms with Crippen LogP contribution in [0.2, 0.25) is 0 Å². The number of benzene rings is 2. The van der Waals surface area contributed by atoms with Gasteiger partial charge < -0.3 is 19.9 Å². The van der Waals surface area contributed by atoms with Crippen LogP contribution in [0.1, 0.15) is 17.5 Å². The highest BCUT2D eigenvalue weighted by Crippen LogP contribution is 2.29. The quantitative estimate of drug-likeness (QED) is 0.498. The SMILES string of the molecule is O=C(Nc1ccc(O[C@@H]2CCN(C=Cc3ccc(C(F)(F)F)cc3)C2)cc1)C1CN(c2cccnn2)C1. The first-order valence-electron chi connectivity index (χ1n) is 12.0. The van der Waals surface area contributed by atoms with Crippen molar-refractivity contribution in [1.82, 2.24) is 15.1 Å². The summed E-state index contributed by atoms with van der Waals surface area (Å²) in [6.07, 6.45) is 1.81. The van der Waals surface area contributed by atoms with Gasteiger partial charge in [-0.2, -0.15) is 18.3 Å². The fraction of sp³-hybridized carbons (Fsp3) is 0.296. The number of alkyl halides is 3. The predicted octanol–water partition coefficient (Wildman–Crippen LogP) is 4.69. The first-order chi connectivity index (χ1) is 17.8. The third kappa shape index (κ3) is 6.19. The van der Waals surface area contributed by atoms with Crippen LogP contribution in [0.15, 0.2) is 73.1 Å². The summed E-state index contributed by atoms with van der Waals surface area (Å²) >= 11 is 0. The lowest BCUT2D eigenvalue weighted by Gasteiger charge is -2.38. The van der Waals surface area contributed by atoms with Crippen LogP contribution < -0.4 is 15.0 Å². The number of anilines is 2. The van der Waals surface area contributed by atoms with Crippen LogP contribution in [0.25, 0.3) is 6.08 Å². The second kappa shape index (κ2) is 10.5. The van der Waals surface area contributed by atoms with Gasteiger partial charge in [-0.3, -0.25) is 4.79 Å². The number of hydrogen-bond donors (Lipinski definition) is 1. The maximum atomic E-state index is 12.7. The van der Waals surface area contributed by atoms with Crippen molar-refractivity contribution in [3.63, 3.8) is 0 Å². The number of hydrogen-bond acceptors (Lipinski definition) is 6. The topological polar surface area (TPSA) is 70.6 Å². The molecule has 37 heavy (non-hydrogen) atoms. The summed E-state index contributed by atoms with van der Waals surface area (Å²) in [4.78, 5) is 16.6. The van der Waals surface area contributed by atoms with Gasteiger partial charge in [0, 0.05) is 37.9 Å². The summed E-state index contributed by atoms with van der Waals surface area (Å²) in [5, 5.41) is 10.9. The van der Waals surface area contributed by atoms with Gasteiger partial charge in [0.05, 0.1) is 18.0 Å². The van der Waals surface area contributed by atoms with E-state index >= 15 is 0 Å². The van der Waals surface area contributed by atoms with Crippen molar-refractivity contribution < 1.29 is 22.7 Å². The summed E-state index contributed by atoms with van der Waals surface area (Å²) < 4.78 is 44.2. The minimum absolute atomic E-state index is 0.000239. The lowest BCUT2D eigenvalue weighted by Crippen LogP contribution is -2.52. The van der Waals surface area contributed by atoms with E-state index in [0.717, 1.165) is 30.9 Å². The van der Waals surface area contributed by atoms with Gasteiger partial charge in [-0.1, -0.05) is 12.1 Å². The zero-order chi connectivity index (χ0) is 25.8. The van der Waals surface area contributed by atoms with Crippen LogP contribution in [0.5, 0.6) is 5.75 Å². The van der Waals surface area contributed by atoms with Crippen LogP contribution >= 0.6 is 0 Å². The molecular weight excluding hydrogens is 483 g/mol. The van der Waals surface area contributed by atoms with Gasteiger partial charge in [-0.05, 0) is 66.4 Å². The number of likely N-dealkylation sites (tertiary alicyclic amines) is 1. The molecule has 0 radical (unpaired) electrons. The average Bonchev–Trinajstić information content (AvgIpc) is 3.31. The number of aromatic nitrogens is 2. The number of nitrogens with one attached hydrogen (secondary N) is 1. The predicted molar refractivity (Wildman–Crippen MR) is 134 cm³/mol. The van der Waals surface area contributed by atoms with Crippen molar-refractivity contribution >= 4 is 23.5 Å². The van der Waals surface area contributed by atoms with Crippen LogP contribution in [0, 0.1) is 5.92 Å². The van der Waals surface area contributed by atoms with Crippen molar-refractivity contribution in [3.05, 3.63) is 84.2 Å². The Hall–Kier alpha value is -4.08. The Bertz CT molecular complexity index is 1230. The maximum absolute atomic E-state index is 12.7. The van der Waals surface area contributed by atoms with E-state index in [1.165, 1.54) is 12.1 Å². The molecule has 2 aromatic carbocycles. The second-order valence-electron chi connectivity index (χ2n) is 9.16. The zero-order valence-electron chi connectivity index (χ0n) is 19.9. The number of carbonyl (C=O) groups excluding carboxylic acids is 1. The molecule has 1 N–H and O–H groups in total. The Balaban J connectivity index is 1.06. The van der Waals surface area contributed by atoms with E-state index in [2.05, 4.69) is 20.4 Å². The van der Waals surface area contributed by atoms with Gasteiger partial charge in [-0.15, -0.1) is 5.10 Å². The molecule has 0 bridgehead atoms. The Morgan fingerprint density at radius 1 is 1.03 bits per heavy atom. The minimum Gasteiger partial charge on any atom is -0.489 e. The number of rotatable bonds is 7. The van der Waals surface area contributed by atoms with E-state index in [0.29, 0.717) is 36.6 Å². The molecule has 2 saturated heterocycles. The first-order valence-corrected chi connectivity index (χ1v) is 12.0. The molecule has 2 aliphatic rings. The highest BCUT2D eigenvalue weighted by atomic mass is 19.4. The molecule has 7 nitrogen and oxygen atoms in total. The molecular formula is C27H26F3N5O2. The van der Waals surface area contributed by atoms with Gasteiger partial charge in [0.25, 0.3) is 0 Å². The van der Waals surface area contributed by atoms with E-state index in [9.17, 15) is 18.0 Å². The van der Waals surface area contributed by atoms with Crippen molar-refractivity contribution in [3.8, 4) is 5.75 Å².